The third-order valence-corrected chi connectivity index (χ3v) is 3.86. The van der Waals surface area contributed by atoms with Gasteiger partial charge in [0.2, 0.25) is 0 Å². The quantitative estimate of drug-likeness (QED) is 0.527. The lowest BCUT2D eigenvalue weighted by molar-refractivity contribution is -0.139. The van der Waals surface area contributed by atoms with Gasteiger partial charge in [0.1, 0.15) is 5.82 Å². The van der Waals surface area contributed by atoms with Gasteiger partial charge in [-0.15, -0.1) is 0 Å². The van der Waals surface area contributed by atoms with Gasteiger partial charge in [0, 0.05) is 5.56 Å². The molecule has 0 unspecified atom stereocenters. The van der Waals surface area contributed by atoms with Gasteiger partial charge in [-0.1, -0.05) is 18.2 Å². The molecule has 0 bridgehead atoms. The van der Waals surface area contributed by atoms with Crippen LogP contribution < -0.4 is 9.47 Å². The van der Waals surface area contributed by atoms with E-state index < -0.39 is 18.4 Å². The Morgan fingerprint density at radius 1 is 1.35 bits per heavy atom. The van der Waals surface area contributed by atoms with Crippen molar-refractivity contribution in [1.29, 1.82) is 5.26 Å². The third kappa shape index (κ3) is 4.83. The maximum atomic E-state index is 13.9. The molecule has 0 saturated carbocycles. The summed E-state index contributed by atoms with van der Waals surface area (Å²) in [6.07, 6.45) is 1.52. The second kappa shape index (κ2) is 9.02. The van der Waals surface area contributed by atoms with Gasteiger partial charge >= 0.3 is 5.97 Å². The van der Waals surface area contributed by atoms with Gasteiger partial charge in [0.05, 0.1) is 22.7 Å². The molecule has 5 nitrogen and oxygen atoms in total. The number of benzene rings is 2. The number of ether oxygens (including phenoxy) is 2. The van der Waals surface area contributed by atoms with E-state index in [1.807, 2.05) is 6.07 Å². The van der Waals surface area contributed by atoms with Crippen molar-refractivity contribution in [2.45, 2.75) is 6.92 Å². The van der Waals surface area contributed by atoms with Crippen molar-refractivity contribution in [3.05, 3.63) is 57.8 Å². The van der Waals surface area contributed by atoms with Gasteiger partial charge < -0.3 is 14.6 Å². The molecule has 7 heteroatoms. The first-order valence-electron chi connectivity index (χ1n) is 7.63. The zero-order valence-corrected chi connectivity index (χ0v) is 15.4. The molecule has 134 valence electrons. The molecule has 2 aromatic carbocycles. The van der Waals surface area contributed by atoms with Crippen molar-refractivity contribution in [2.24, 2.45) is 0 Å². The minimum absolute atomic E-state index is 0.150. The van der Waals surface area contributed by atoms with Crippen LogP contribution in [0.1, 0.15) is 18.1 Å². The van der Waals surface area contributed by atoms with Crippen molar-refractivity contribution in [2.75, 3.05) is 13.2 Å². The van der Waals surface area contributed by atoms with Crippen LogP contribution in [0, 0.1) is 17.1 Å². The molecule has 0 aromatic heterocycles. The third-order valence-electron chi connectivity index (χ3n) is 3.27. The molecule has 0 aliphatic heterocycles. The lowest BCUT2D eigenvalue weighted by atomic mass is 10.0. The Bertz CT molecular complexity index is 890. The van der Waals surface area contributed by atoms with Crippen molar-refractivity contribution in [3.8, 4) is 17.6 Å². The second-order valence-corrected chi connectivity index (χ2v) is 5.95. The fraction of sp³-hybridized carbons (Fsp3) is 0.158. The molecule has 0 saturated heterocycles. The summed E-state index contributed by atoms with van der Waals surface area (Å²) < 4.78 is 25.2. The zero-order valence-electron chi connectivity index (χ0n) is 13.8. The molecular formula is C19H15BrFNO4. The SMILES string of the molecule is CCOc1cc(/C=C(/C#N)c2ccccc2F)cc(Br)c1OCC(=O)O. The molecule has 0 spiro atoms. The lowest BCUT2D eigenvalue weighted by Crippen LogP contribution is -2.10. The van der Waals surface area contributed by atoms with E-state index in [2.05, 4.69) is 15.9 Å². The number of carbonyl (C=O) groups is 1. The van der Waals surface area contributed by atoms with E-state index in [-0.39, 0.29) is 16.9 Å². The predicted octanol–water partition coefficient (Wildman–Crippen LogP) is 4.51. The van der Waals surface area contributed by atoms with E-state index in [1.165, 1.54) is 18.2 Å². The van der Waals surface area contributed by atoms with Gasteiger partial charge in [0.25, 0.3) is 0 Å². The van der Waals surface area contributed by atoms with E-state index in [0.29, 0.717) is 22.4 Å². The second-order valence-electron chi connectivity index (χ2n) is 5.10. The minimum atomic E-state index is -1.12. The fourth-order valence-corrected chi connectivity index (χ4v) is 2.80. The molecule has 2 aromatic rings. The molecule has 0 aliphatic rings. The summed E-state index contributed by atoms with van der Waals surface area (Å²) in [4.78, 5) is 10.7. The smallest absolute Gasteiger partial charge is 0.341 e. The van der Waals surface area contributed by atoms with Crippen LogP contribution in [0.4, 0.5) is 4.39 Å². The normalized spacial score (nSPS) is 10.9. The van der Waals surface area contributed by atoms with Crippen molar-refractivity contribution >= 4 is 33.5 Å². The average Bonchev–Trinajstić information content (AvgIpc) is 2.59. The molecule has 26 heavy (non-hydrogen) atoms. The van der Waals surface area contributed by atoms with Gasteiger partial charge in [-0.2, -0.15) is 5.26 Å². The van der Waals surface area contributed by atoms with Crippen LogP contribution in [0.15, 0.2) is 40.9 Å². The molecule has 2 rings (SSSR count). The van der Waals surface area contributed by atoms with Gasteiger partial charge in [-0.25, -0.2) is 9.18 Å². The van der Waals surface area contributed by atoms with Crippen molar-refractivity contribution < 1.29 is 23.8 Å². The highest BCUT2D eigenvalue weighted by Gasteiger charge is 2.14. The highest BCUT2D eigenvalue weighted by atomic mass is 79.9. The minimum Gasteiger partial charge on any atom is -0.490 e. The van der Waals surface area contributed by atoms with Crippen LogP contribution in [0.2, 0.25) is 0 Å². The van der Waals surface area contributed by atoms with E-state index in [9.17, 15) is 14.4 Å². The van der Waals surface area contributed by atoms with Crippen LogP contribution in [0.3, 0.4) is 0 Å². The summed E-state index contributed by atoms with van der Waals surface area (Å²) in [6, 6.07) is 11.2. The molecule has 0 amide bonds. The highest BCUT2D eigenvalue weighted by Crippen LogP contribution is 2.38. The molecule has 1 N–H and O–H groups in total. The first-order chi connectivity index (χ1) is 12.5. The van der Waals surface area contributed by atoms with Crippen LogP contribution >= 0.6 is 15.9 Å². The van der Waals surface area contributed by atoms with Crippen LogP contribution in [0.5, 0.6) is 11.5 Å². The van der Waals surface area contributed by atoms with Crippen molar-refractivity contribution in [3.63, 3.8) is 0 Å². The Morgan fingerprint density at radius 2 is 2.08 bits per heavy atom. The Kier molecular flexibility index (Phi) is 6.75. The van der Waals surface area contributed by atoms with Gasteiger partial charge in [-0.3, -0.25) is 0 Å². The maximum absolute atomic E-state index is 13.9. The van der Waals surface area contributed by atoms with E-state index in [4.69, 9.17) is 14.6 Å². The number of carboxylic acid groups (broad SMARTS) is 1. The Hall–Kier alpha value is -2.85. The lowest BCUT2D eigenvalue weighted by Gasteiger charge is -2.13. The van der Waals surface area contributed by atoms with Gasteiger partial charge in [-0.05, 0) is 52.7 Å². The maximum Gasteiger partial charge on any atom is 0.341 e. The Morgan fingerprint density at radius 3 is 2.69 bits per heavy atom. The fourth-order valence-electron chi connectivity index (χ4n) is 2.22. The summed E-state index contributed by atoms with van der Waals surface area (Å²) in [5.74, 6) is -1.04. The number of nitrogens with zero attached hydrogens (tertiary/aromatic N) is 1. The molecule has 0 aliphatic carbocycles. The predicted molar refractivity (Wildman–Crippen MR) is 98.3 cm³/mol. The van der Waals surface area contributed by atoms with E-state index in [0.717, 1.165) is 0 Å². The first kappa shape index (κ1) is 19.5. The molecule has 0 radical (unpaired) electrons. The number of allylic oxidation sites excluding steroid dienone is 1. The summed E-state index contributed by atoms with van der Waals surface area (Å²) in [5, 5.41) is 18.2. The summed E-state index contributed by atoms with van der Waals surface area (Å²) >= 11 is 3.32. The van der Waals surface area contributed by atoms with Crippen LogP contribution in [-0.2, 0) is 4.79 Å². The van der Waals surface area contributed by atoms with Crippen molar-refractivity contribution in [1.82, 2.24) is 0 Å². The number of hydrogen-bond donors (Lipinski definition) is 1. The largest absolute Gasteiger partial charge is 0.490 e. The van der Waals surface area contributed by atoms with Crippen LogP contribution in [-0.4, -0.2) is 24.3 Å². The molecule has 0 atom stereocenters. The van der Waals surface area contributed by atoms with Gasteiger partial charge in [0.15, 0.2) is 18.1 Å². The number of aliphatic carboxylic acids is 1. The van der Waals surface area contributed by atoms with E-state index >= 15 is 0 Å². The number of rotatable bonds is 7. The molecular weight excluding hydrogens is 405 g/mol. The summed E-state index contributed by atoms with van der Waals surface area (Å²) in [6.45, 7) is 1.59. The number of carboxylic acids is 1. The topological polar surface area (TPSA) is 79.5 Å². The highest BCUT2D eigenvalue weighted by molar-refractivity contribution is 9.10. The number of hydrogen-bond acceptors (Lipinski definition) is 4. The first-order valence-corrected chi connectivity index (χ1v) is 8.43. The molecule has 0 heterocycles. The molecule has 0 fully saturated rings. The monoisotopic (exact) mass is 419 g/mol. The average molecular weight is 420 g/mol. The zero-order chi connectivity index (χ0) is 19.1. The summed E-state index contributed by atoms with van der Waals surface area (Å²) in [5.41, 5.74) is 0.912. The number of nitriles is 1. The van der Waals surface area contributed by atoms with E-state index in [1.54, 1.807) is 31.2 Å². The summed E-state index contributed by atoms with van der Waals surface area (Å²) in [7, 11) is 0. The Balaban J connectivity index is 2.48. The van der Waals surface area contributed by atoms with Crippen LogP contribution in [0.25, 0.3) is 11.6 Å². The standard InChI is InChI=1S/C19H15BrFNO4/c1-2-25-17-9-12(8-15(20)19(17)26-11-18(23)24)7-13(10-22)14-5-3-4-6-16(14)21/h3-9H,2,11H2,1H3,(H,23,24)/b13-7-. The number of halogens is 2. The Labute approximate surface area is 158 Å².